The van der Waals surface area contributed by atoms with Crippen LogP contribution >= 0.6 is 0 Å². The van der Waals surface area contributed by atoms with Gasteiger partial charge >= 0.3 is 0 Å². The number of nitrogens with two attached hydrogens (primary N) is 1. The van der Waals surface area contributed by atoms with E-state index in [2.05, 4.69) is 0 Å². The number of primary amides is 1. The molecule has 104 valence electrons. The molecule has 1 aromatic carbocycles. The van der Waals surface area contributed by atoms with E-state index in [1.807, 2.05) is 24.8 Å². The molecule has 0 unspecified atom stereocenters. The first-order valence-electron chi connectivity index (χ1n) is 6.08. The minimum atomic E-state index is -0.406. The summed E-state index contributed by atoms with van der Waals surface area (Å²) in [6.07, 6.45) is 0. The fourth-order valence-electron chi connectivity index (χ4n) is 1.88. The average Bonchev–Trinajstić information content (AvgIpc) is 2.29. The van der Waals surface area contributed by atoms with Gasteiger partial charge in [0.25, 0.3) is 5.69 Å². The van der Waals surface area contributed by atoms with Gasteiger partial charge in [0, 0.05) is 24.2 Å². The molecule has 0 atom stereocenters. The lowest BCUT2D eigenvalue weighted by Crippen LogP contribution is -2.38. The Morgan fingerprint density at radius 1 is 1.47 bits per heavy atom. The van der Waals surface area contributed by atoms with Crippen molar-refractivity contribution in [3.05, 3.63) is 39.4 Å². The van der Waals surface area contributed by atoms with Crippen molar-refractivity contribution >= 4 is 11.6 Å². The van der Waals surface area contributed by atoms with Crippen LogP contribution in [0.1, 0.15) is 25.0 Å². The quantitative estimate of drug-likeness (QED) is 0.625. The molecular weight excluding hydrogens is 246 g/mol. The molecule has 0 bridgehead atoms. The van der Waals surface area contributed by atoms with Crippen molar-refractivity contribution < 1.29 is 9.72 Å². The van der Waals surface area contributed by atoms with Crippen LogP contribution < -0.4 is 5.73 Å². The van der Waals surface area contributed by atoms with Gasteiger partial charge in [0.1, 0.15) is 0 Å². The smallest absolute Gasteiger partial charge is 0.272 e. The molecule has 19 heavy (non-hydrogen) atoms. The van der Waals surface area contributed by atoms with Crippen LogP contribution in [0.2, 0.25) is 0 Å². The van der Waals surface area contributed by atoms with Crippen molar-refractivity contribution in [2.45, 2.75) is 33.4 Å². The minimum absolute atomic E-state index is 0.0975. The summed E-state index contributed by atoms with van der Waals surface area (Å²) in [6.45, 7) is 6.23. The summed E-state index contributed by atoms with van der Waals surface area (Å²) in [6, 6.07) is 5.10. The van der Waals surface area contributed by atoms with Crippen LogP contribution in [0.4, 0.5) is 5.69 Å². The number of nitro benzene ring substituents is 1. The molecule has 6 nitrogen and oxygen atoms in total. The van der Waals surface area contributed by atoms with Crippen LogP contribution in [0, 0.1) is 17.0 Å². The molecular formula is C13H19N3O3. The van der Waals surface area contributed by atoms with Crippen molar-refractivity contribution in [2.75, 3.05) is 6.54 Å². The Morgan fingerprint density at radius 3 is 2.58 bits per heavy atom. The number of carbonyl (C=O) groups is 1. The van der Waals surface area contributed by atoms with Crippen LogP contribution in [-0.4, -0.2) is 28.3 Å². The van der Waals surface area contributed by atoms with Gasteiger partial charge in [0.2, 0.25) is 5.91 Å². The summed E-state index contributed by atoms with van der Waals surface area (Å²) < 4.78 is 0. The van der Waals surface area contributed by atoms with E-state index >= 15 is 0 Å². The molecule has 0 radical (unpaired) electrons. The van der Waals surface area contributed by atoms with Crippen molar-refractivity contribution in [3.63, 3.8) is 0 Å². The third-order valence-electron chi connectivity index (χ3n) is 3.08. The number of rotatable bonds is 6. The van der Waals surface area contributed by atoms with Crippen LogP contribution in [0.25, 0.3) is 0 Å². The molecule has 0 aromatic heterocycles. The van der Waals surface area contributed by atoms with E-state index < -0.39 is 10.8 Å². The van der Waals surface area contributed by atoms with Crippen LogP contribution in [0.5, 0.6) is 0 Å². The Hall–Kier alpha value is -1.95. The lowest BCUT2D eigenvalue weighted by atomic mass is 10.1. The van der Waals surface area contributed by atoms with Crippen molar-refractivity contribution in [1.82, 2.24) is 4.90 Å². The molecule has 2 N–H and O–H groups in total. The van der Waals surface area contributed by atoms with E-state index in [0.29, 0.717) is 12.1 Å². The first-order chi connectivity index (χ1) is 8.82. The van der Waals surface area contributed by atoms with Gasteiger partial charge in [-0.25, -0.2) is 0 Å². The third kappa shape index (κ3) is 4.03. The molecule has 0 saturated carbocycles. The number of benzene rings is 1. The van der Waals surface area contributed by atoms with E-state index in [0.717, 1.165) is 5.56 Å². The van der Waals surface area contributed by atoms with Gasteiger partial charge in [-0.2, -0.15) is 0 Å². The van der Waals surface area contributed by atoms with Crippen molar-refractivity contribution in [3.8, 4) is 0 Å². The normalized spacial score (nSPS) is 11.0. The monoisotopic (exact) mass is 265 g/mol. The highest BCUT2D eigenvalue weighted by molar-refractivity contribution is 5.76. The summed E-state index contributed by atoms with van der Waals surface area (Å²) in [5, 5.41) is 10.9. The Morgan fingerprint density at radius 2 is 2.11 bits per heavy atom. The van der Waals surface area contributed by atoms with Gasteiger partial charge in [-0.15, -0.1) is 0 Å². The summed E-state index contributed by atoms with van der Waals surface area (Å²) in [4.78, 5) is 23.4. The first-order valence-corrected chi connectivity index (χ1v) is 6.08. The Kier molecular flexibility index (Phi) is 5.00. The van der Waals surface area contributed by atoms with E-state index in [1.54, 1.807) is 13.0 Å². The second-order valence-electron chi connectivity index (χ2n) is 4.78. The van der Waals surface area contributed by atoms with Gasteiger partial charge in [-0.1, -0.05) is 12.1 Å². The molecule has 6 heteroatoms. The highest BCUT2D eigenvalue weighted by atomic mass is 16.6. The highest BCUT2D eigenvalue weighted by Gasteiger charge is 2.18. The summed E-state index contributed by atoms with van der Waals surface area (Å²) in [7, 11) is 0. The zero-order chi connectivity index (χ0) is 14.6. The van der Waals surface area contributed by atoms with E-state index in [1.165, 1.54) is 6.07 Å². The van der Waals surface area contributed by atoms with Gasteiger partial charge in [0.15, 0.2) is 0 Å². The minimum Gasteiger partial charge on any atom is -0.369 e. The molecule has 0 aliphatic heterocycles. The van der Waals surface area contributed by atoms with Gasteiger partial charge in [-0.05, 0) is 26.3 Å². The van der Waals surface area contributed by atoms with Crippen molar-refractivity contribution in [1.29, 1.82) is 0 Å². The topological polar surface area (TPSA) is 89.5 Å². The maximum atomic E-state index is 11.0. The average molecular weight is 265 g/mol. The molecule has 0 fully saturated rings. The number of hydrogen-bond donors (Lipinski definition) is 1. The summed E-state index contributed by atoms with van der Waals surface area (Å²) >= 11 is 0. The van der Waals surface area contributed by atoms with Crippen molar-refractivity contribution in [2.24, 2.45) is 5.73 Å². The fourth-order valence-corrected chi connectivity index (χ4v) is 1.88. The van der Waals surface area contributed by atoms with Gasteiger partial charge < -0.3 is 5.73 Å². The second kappa shape index (κ2) is 6.29. The Bertz CT molecular complexity index is 486. The second-order valence-corrected chi connectivity index (χ2v) is 4.78. The molecule has 1 amide bonds. The number of amides is 1. The Labute approximate surface area is 112 Å². The lowest BCUT2D eigenvalue weighted by Gasteiger charge is -2.25. The predicted octanol–water partition coefficient (Wildman–Crippen LogP) is 1.60. The van der Waals surface area contributed by atoms with Gasteiger partial charge in [0.05, 0.1) is 11.5 Å². The molecule has 0 aliphatic rings. The fraction of sp³-hybridized carbons (Fsp3) is 0.462. The molecule has 0 spiro atoms. The number of hydrogen-bond acceptors (Lipinski definition) is 4. The molecule has 0 saturated heterocycles. The van der Waals surface area contributed by atoms with Crippen LogP contribution in [-0.2, 0) is 11.3 Å². The lowest BCUT2D eigenvalue weighted by molar-refractivity contribution is -0.385. The number of nitrogens with zero attached hydrogens (tertiary/aromatic N) is 2. The zero-order valence-electron chi connectivity index (χ0n) is 11.4. The summed E-state index contributed by atoms with van der Waals surface area (Å²) in [5.41, 5.74) is 6.77. The van der Waals surface area contributed by atoms with E-state index in [4.69, 9.17) is 5.73 Å². The number of nitro groups is 1. The predicted molar refractivity (Wildman–Crippen MR) is 72.6 cm³/mol. The highest BCUT2D eigenvalue weighted by Crippen LogP contribution is 2.22. The molecule has 0 heterocycles. The van der Waals surface area contributed by atoms with Crippen LogP contribution in [0.3, 0.4) is 0 Å². The maximum Gasteiger partial charge on any atom is 0.272 e. The maximum absolute atomic E-state index is 11.0. The Balaban J connectivity index is 3.00. The number of carbonyl (C=O) groups excluding carboxylic acids is 1. The van der Waals surface area contributed by atoms with E-state index in [-0.39, 0.29) is 18.3 Å². The molecule has 0 aliphatic carbocycles. The SMILES string of the molecule is Cc1c(CN(CC(N)=O)C(C)C)cccc1[N+](=O)[O-]. The molecule has 1 rings (SSSR count). The molecule has 1 aromatic rings. The zero-order valence-corrected chi connectivity index (χ0v) is 11.4. The van der Waals surface area contributed by atoms with Crippen LogP contribution in [0.15, 0.2) is 18.2 Å². The first kappa shape index (κ1) is 15.1. The van der Waals surface area contributed by atoms with Gasteiger partial charge in [-0.3, -0.25) is 19.8 Å². The standard InChI is InChI=1S/C13H19N3O3/c1-9(2)15(8-13(14)17)7-11-5-4-6-12(10(11)3)16(18)19/h4-6,9H,7-8H2,1-3H3,(H2,14,17). The summed E-state index contributed by atoms with van der Waals surface area (Å²) in [5.74, 6) is -0.406. The third-order valence-corrected chi connectivity index (χ3v) is 3.08. The largest absolute Gasteiger partial charge is 0.369 e. The van der Waals surface area contributed by atoms with E-state index in [9.17, 15) is 14.9 Å².